The fraction of sp³-hybridized carbons (Fsp3) is 0.417. The summed E-state index contributed by atoms with van der Waals surface area (Å²) in [5.74, 6) is -1.76. The molecule has 0 fully saturated rings. The minimum atomic E-state index is -3.73. The molecule has 0 spiro atoms. The van der Waals surface area contributed by atoms with E-state index in [1.807, 2.05) is 4.72 Å². The van der Waals surface area contributed by atoms with Crippen LogP contribution in [0.2, 0.25) is 0 Å². The van der Waals surface area contributed by atoms with Crippen LogP contribution >= 0.6 is 0 Å². The Morgan fingerprint density at radius 2 is 2.05 bits per heavy atom. The third-order valence-electron chi connectivity index (χ3n) is 2.36. The van der Waals surface area contributed by atoms with Crippen molar-refractivity contribution in [2.24, 2.45) is 5.92 Å². The molecule has 0 saturated carbocycles. The summed E-state index contributed by atoms with van der Waals surface area (Å²) in [5.41, 5.74) is 0.344. The van der Waals surface area contributed by atoms with Crippen LogP contribution in [0.25, 0.3) is 0 Å². The Bertz CT molecular complexity index is 570. The predicted molar refractivity (Wildman–Crippen MR) is 73.3 cm³/mol. The molecule has 7 nitrogen and oxygen atoms in total. The molecule has 1 aromatic heterocycles. The van der Waals surface area contributed by atoms with Crippen molar-refractivity contribution in [3.8, 4) is 0 Å². The molecule has 110 valence electrons. The normalized spacial score (nSPS) is 11.2. The Labute approximate surface area is 117 Å². The van der Waals surface area contributed by atoms with E-state index in [-0.39, 0.29) is 12.3 Å². The van der Waals surface area contributed by atoms with Gasteiger partial charge in [0, 0.05) is 24.9 Å². The molecule has 20 heavy (non-hydrogen) atoms. The smallest absolute Gasteiger partial charge is 0.252 e. The number of aromatic nitrogens is 1. The molecule has 0 aliphatic rings. The van der Waals surface area contributed by atoms with Crippen LogP contribution in [-0.4, -0.2) is 37.5 Å². The van der Waals surface area contributed by atoms with Crippen LogP contribution in [0.1, 0.15) is 24.2 Å². The first-order valence-corrected chi connectivity index (χ1v) is 7.69. The van der Waals surface area contributed by atoms with Crippen molar-refractivity contribution in [1.29, 1.82) is 0 Å². The number of rotatable bonds is 6. The number of nitrogens with one attached hydrogen (secondary N) is 2. The van der Waals surface area contributed by atoms with Gasteiger partial charge in [-0.05, 0) is 12.1 Å². The molecule has 1 aromatic rings. The molecule has 0 saturated heterocycles. The van der Waals surface area contributed by atoms with Gasteiger partial charge in [-0.3, -0.25) is 19.3 Å². The number of pyridine rings is 1. The predicted octanol–water partition coefficient (Wildman–Crippen LogP) is -0.0866. The molecule has 0 aliphatic carbocycles. The lowest BCUT2D eigenvalue weighted by atomic mass is 10.2. The second-order valence-electron chi connectivity index (χ2n) is 4.44. The van der Waals surface area contributed by atoms with Gasteiger partial charge in [0.25, 0.3) is 5.91 Å². The average molecular weight is 299 g/mol. The van der Waals surface area contributed by atoms with Crippen LogP contribution in [0.3, 0.4) is 0 Å². The summed E-state index contributed by atoms with van der Waals surface area (Å²) >= 11 is 0. The van der Waals surface area contributed by atoms with Crippen molar-refractivity contribution in [1.82, 2.24) is 15.0 Å². The van der Waals surface area contributed by atoms with Crippen LogP contribution < -0.4 is 10.0 Å². The molecular weight excluding hydrogens is 282 g/mol. The summed E-state index contributed by atoms with van der Waals surface area (Å²) in [5, 5.41) is 2.45. The number of carbonyl (C=O) groups excluding carboxylic acids is 2. The Morgan fingerprint density at radius 3 is 2.60 bits per heavy atom. The quantitative estimate of drug-likeness (QED) is 0.764. The van der Waals surface area contributed by atoms with E-state index in [1.54, 1.807) is 26.0 Å². The molecule has 0 bridgehead atoms. The third-order valence-corrected chi connectivity index (χ3v) is 3.61. The molecule has 2 amide bonds. The van der Waals surface area contributed by atoms with Gasteiger partial charge in [0.15, 0.2) is 0 Å². The molecule has 8 heteroatoms. The van der Waals surface area contributed by atoms with Gasteiger partial charge in [0.1, 0.15) is 0 Å². The number of sulfonamides is 1. The second-order valence-corrected chi connectivity index (χ2v) is 6.28. The molecule has 1 heterocycles. The molecule has 1 rings (SSSR count). The highest BCUT2D eigenvalue weighted by Crippen LogP contribution is 1.96. The van der Waals surface area contributed by atoms with Crippen molar-refractivity contribution in [3.63, 3.8) is 0 Å². The summed E-state index contributed by atoms with van der Waals surface area (Å²) in [6.07, 6.45) is 2.91. The third kappa shape index (κ3) is 5.35. The Morgan fingerprint density at radius 1 is 1.35 bits per heavy atom. The van der Waals surface area contributed by atoms with Gasteiger partial charge in [-0.15, -0.1) is 0 Å². The largest absolute Gasteiger partial charge is 0.351 e. The minimum absolute atomic E-state index is 0.0889. The SMILES string of the molecule is CC(C)C(=O)NS(=O)(=O)CCNC(=O)c1cccnc1. The molecule has 0 aromatic carbocycles. The Kier molecular flexibility index (Phi) is 5.63. The van der Waals surface area contributed by atoms with Crippen LogP contribution in [0.15, 0.2) is 24.5 Å². The van der Waals surface area contributed by atoms with Gasteiger partial charge in [-0.25, -0.2) is 8.42 Å². The Balaban J connectivity index is 2.44. The first kappa shape index (κ1) is 16.1. The van der Waals surface area contributed by atoms with Gasteiger partial charge >= 0.3 is 0 Å². The van der Waals surface area contributed by atoms with Crippen molar-refractivity contribution >= 4 is 21.8 Å². The van der Waals surface area contributed by atoms with E-state index >= 15 is 0 Å². The number of amides is 2. The lowest BCUT2D eigenvalue weighted by molar-refractivity contribution is -0.122. The summed E-state index contributed by atoms with van der Waals surface area (Å²) in [7, 11) is -3.73. The maximum Gasteiger partial charge on any atom is 0.252 e. The molecule has 0 aliphatic heterocycles. The van der Waals surface area contributed by atoms with E-state index in [4.69, 9.17) is 0 Å². The first-order valence-electron chi connectivity index (χ1n) is 6.04. The number of hydrogen-bond donors (Lipinski definition) is 2. The zero-order chi connectivity index (χ0) is 15.2. The van der Waals surface area contributed by atoms with E-state index < -0.39 is 27.8 Å². The zero-order valence-corrected chi connectivity index (χ0v) is 12.1. The lowest BCUT2D eigenvalue weighted by Crippen LogP contribution is -2.39. The van der Waals surface area contributed by atoms with E-state index in [9.17, 15) is 18.0 Å². The van der Waals surface area contributed by atoms with Crippen molar-refractivity contribution in [2.45, 2.75) is 13.8 Å². The highest BCUT2D eigenvalue weighted by molar-refractivity contribution is 7.90. The van der Waals surface area contributed by atoms with Gasteiger partial charge in [0.05, 0.1) is 11.3 Å². The maximum atomic E-state index is 11.6. The molecule has 2 N–H and O–H groups in total. The van der Waals surface area contributed by atoms with E-state index in [0.717, 1.165) is 0 Å². The van der Waals surface area contributed by atoms with Crippen LogP contribution in [0.4, 0.5) is 0 Å². The van der Waals surface area contributed by atoms with E-state index in [0.29, 0.717) is 5.56 Å². The summed E-state index contributed by atoms with van der Waals surface area (Å²) in [6.45, 7) is 3.10. The number of hydrogen-bond acceptors (Lipinski definition) is 5. The van der Waals surface area contributed by atoms with Crippen LogP contribution in [0, 0.1) is 5.92 Å². The molecule has 0 radical (unpaired) electrons. The standard InChI is InChI=1S/C12H17N3O4S/c1-9(2)11(16)15-20(18,19)7-6-14-12(17)10-4-3-5-13-8-10/h3-5,8-9H,6-7H2,1-2H3,(H,14,17)(H,15,16). The molecular formula is C12H17N3O4S. The van der Waals surface area contributed by atoms with Crippen LogP contribution in [-0.2, 0) is 14.8 Å². The van der Waals surface area contributed by atoms with Gasteiger partial charge in [-0.2, -0.15) is 0 Å². The van der Waals surface area contributed by atoms with Crippen molar-refractivity contribution in [3.05, 3.63) is 30.1 Å². The highest BCUT2D eigenvalue weighted by atomic mass is 32.2. The highest BCUT2D eigenvalue weighted by Gasteiger charge is 2.17. The number of carbonyl (C=O) groups is 2. The lowest BCUT2D eigenvalue weighted by Gasteiger charge is -2.09. The second kappa shape index (κ2) is 6.99. The van der Waals surface area contributed by atoms with Crippen molar-refractivity contribution < 1.29 is 18.0 Å². The first-order chi connectivity index (χ1) is 9.32. The van der Waals surface area contributed by atoms with E-state index in [2.05, 4.69) is 10.3 Å². The fourth-order valence-electron chi connectivity index (χ4n) is 1.22. The molecule has 0 atom stereocenters. The van der Waals surface area contributed by atoms with Gasteiger partial charge < -0.3 is 5.32 Å². The van der Waals surface area contributed by atoms with Gasteiger partial charge in [0.2, 0.25) is 15.9 Å². The minimum Gasteiger partial charge on any atom is -0.351 e. The fourth-order valence-corrected chi connectivity index (χ4v) is 2.24. The van der Waals surface area contributed by atoms with E-state index in [1.165, 1.54) is 12.4 Å². The van der Waals surface area contributed by atoms with Gasteiger partial charge in [-0.1, -0.05) is 13.8 Å². The average Bonchev–Trinajstić information content (AvgIpc) is 2.38. The molecule has 0 unspecified atom stereocenters. The zero-order valence-electron chi connectivity index (χ0n) is 11.3. The number of nitrogens with zero attached hydrogens (tertiary/aromatic N) is 1. The topological polar surface area (TPSA) is 105 Å². The summed E-state index contributed by atoms with van der Waals surface area (Å²) in [6, 6.07) is 3.17. The monoisotopic (exact) mass is 299 g/mol. The van der Waals surface area contributed by atoms with Crippen molar-refractivity contribution in [2.75, 3.05) is 12.3 Å². The Hall–Kier alpha value is -1.96. The summed E-state index contributed by atoms with van der Waals surface area (Å²) in [4.78, 5) is 26.7. The van der Waals surface area contributed by atoms with Crippen LogP contribution in [0.5, 0.6) is 0 Å². The summed E-state index contributed by atoms with van der Waals surface area (Å²) < 4.78 is 25.1. The maximum absolute atomic E-state index is 11.6.